The highest BCUT2D eigenvalue weighted by Gasteiger charge is 2.27. The summed E-state index contributed by atoms with van der Waals surface area (Å²) in [6.07, 6.45) is -2.79. The molecule has 0 spiro atoms. The number of alkyl halides is 3. The standard InChI is InChI=1S/C23H16ClF3N6O/c1-32-18-10-16(7-8-17(18)30-31-32)33-11-14-4-9-19(28-12-23(25,26)27)29-21(14)20(22(33)34)13-2-5-15(24)6-3-13/h2-11H,12H2,1H3,(H,28,29). The maximum atomic E-state index is 13.7. The van der Waals surface area contributed by atoms with Crippen molar-refractivity contribution < 1.29 is 13.2 Å². The molecule has 34 heavy (non-hydrogen) atoms. The van der Waals surface area contributed by atoms with Crippen LogP contribution < -0.4 is 10.9 Å². The number of nitrogens with zero attached hydrogens (tertiary/aromatic N) is 5. The number of pyridine rings is 2. The fraction of sp³-hybridized carbons (Fsp3) is 0.130. The Bertz CT molecular complexity index is 1590. The minimum Gasteiger partial charge on any atom is -0.361 e. The van der Waals surface area contributed by atoms with Crippen molar-refractivity contribution in [1.29, 1.82) is 0 Å². The number of nitrogens with one attached hydrogen (secondary N) is 1. The molecule has 0 bridgehead atoms. The molecule has 3 heterocycles. The number of anilines is 1. The van der Waals surface area contributed by atoms with E-state index in [1.807, 2.05) is 0 Å². The molecular weight excluding hydrogens is 469 g/mol. The van der Waals surface area contributed by atoms with Crippen molar-refractivity contribution in [3.8, 4) is 16.8 Å². The lowest BCUT2D eigenvalue weighted by atomic mass is 10.0. The van der Waals surface area contributed by atoms with Crippen molar-refractivity contribution in [1.82, 2.24) is 24.5 Å². The van der Waals surface area contributed by atoms with Crippen molar-refractivity contribution in [2.45, 2.75) is 6.18 Å². The molecule has 5 aromatic rings. The summed E-state index contributed by atoms with van der Waals surface area (Å²) in [6, 6.07) is 15.0. The highest BCUT2D eigenvalue weighted by Crippen LogP contribution is 2.28. The summed E-state index contributed by atoms with van der Waals surface area (Å²) >= 11 is 6.02. The summed E-state index contributed by atoms with van der Waals surface area (Å²) in [4.78, 5) is 18.1. The molecule has 11 heteroatoms. The molecule has 0 amide bonds. The van der Waals surface area contributed by atoms with Crippen LogP contribution in [0.3, 0.4) is 0 Å². The van der Waals surface area contributed by atoms with E-state index in [4.69, 9.17) is 11.6 Å². The second kappa shape index (κ2) is 8.14. The monoisotopic (exact) mass is 484 g/mol. The molecule has 1 N–H and O–H groups in total. The Morgan fingerprint density at radius 3 is 2.56 bits per heavy atom. The smallest absolute Gasteiger partial charge is 0.361 e. The van der Waals surface area contributed by atoms with Crippen LogP contribution >= 0.6 is 11.6 Å². The molecule has 0 saturated carbocycles. The van der Waals surface area contributed by atoms with E-state index in [0.29, 0.717) is 27.2 Å². The van der Waals surface area contributed by atoms with Gasteiger partial charge in [-0.3, -0.25) is 9.36 Å². The topological polar surface area (TPSA) is 77.6 Å². The Labute approximate surface area is 195 Å². The number of aryl methyl sites for hydroxylation is 1. The van der Waals surface area contributed by atoms with Gasteiger partial charge >= 0.3 is 6.18 Å². The first-order chi connectivity index (χ1) is 16.2. The quantitative estimate of drug-likeness (QED) is 0.390. The largest absolute Gasteiger partial charge is 0.405 e. The predicted octanol–water partition coefficient (Wildman–Crippen LogP) is 4.96. The van der Waals surface area contributed by atoms with Crippen LogP contribution in [0, 0.1) is 0 Å². The summed E-state index contributed by atoms with van der Waals surface area (Å²) in [5, 5.41) is 11.4. The lowest BCUT2D eigenvalue weighted by molar-refractivity contribution is -0.115. The van der Waals surface area contributed by atoms with Gasteiger partial charge < -0.3 is 5.32 Å². The van der Waals surface area contributed by atoms with Crippen LogP contribution in [0.1, 0.15) is 0 Å². The second-order valence-corrected chi connectivity index (χ2v) is 8.11. The molecule has 7 nitrogen and oxygen atoms in total. The van der Waals surface area contributed by atoms with Crippen LogP contribution in [0.4, 0.5) is 19.0 Å². The van der Waals surface area contributed by atoms with Gasteiger partial charge in [-0.1, -0.05) is 28.9 Å². The third-order valence-electron chi connectivity index (χ3n) is 5.34. The summed E-state index contributed by atoms with van der Waals surface area (Å²) in [5.74, 6) is 0.0135. The van der Waals surface area contributed by atoms with E-state index >= 15 is 0 Å². The second-order valence-electron chi connectivity index (χ2n) is 7.68. The van der Waals surface area contributed by atoms with E-state index < -0.39 is 12.7 Å². The zero-order chi connectivity index (χ0) is 24.0. The SMILES string of the molecule is Cn1nnc2ccc(-n3cc4ccc(NCC(F)(F)F)nc4c(-c4ccc(Cl)cc4)c3=O)cc21. The Morgan fingerprint density at radius 2 is 1.82 bits per heavy atom. The lowest BCUT2D eigenvalue weighted by Crippen LogP contribution is -2.22. The molecule has 5 rings (SSSR count). The van der Waals surface area contributed by atoms with Crippen molar-refractivity contribution in [2.75, 3.05) is 11.9 Å². The minimum absolute atomic E-state index is 0.0135. The maximum absolute atomic E-state index is 13.7. The van der Waals surface area contributed by atoms with E-state index in [1.54, 1.807) is 66.5 Å². The predicted molar refractivity (Wildman–Crippen MR) is 124 cm³/mol. The van der Waals surface area contributed by atoms with Gasteiger partial charge in [0, 0.05) is 23.7 Å². The number of benzene rings is 2. The fourth-order valence-electron chi connectivity index (χ4n) is 3.72. The third-order valence-corrected chi connectivity index (χ3v) is 5.59. The van der Waals surface area contributed by atoms with Gasteiger partial charge in [-0.2, -0.15) is 13.2 Å². The molecule has 0 aliphatic rings. The first-order valence-corrected chi connectivity index (χ1v) is 10.5. The van der Waals surface area contributed by atoms with Crippen LogP contribution in [0.15, 0.2) is 65.6 Å². The Morgan fingerprint density at radius 1 is 1.06 bits per heavy atom. The number of hydrogen-bond acceptors (Lipinski definition) is 5. The molecule has 0 aliphatic heterocycles. The Balaban J connectivity index is 1.74. The summed E-state index contributed by atoms with van der Waals surface area (Å²) < 4.78 is 41.2. The molecule has 2 aromatic carbocycles. The Hall–Kier alpha value is -3.92. The molecule has 0 saturated heterocycles. The van der Waals surface area contributed by atoms with Crippen molar-refractivity contribution in [2.24, 2.45) is 7.05 Å². The zero-order valence-electron chi connectivity index (χ0n) is 17.6. The fourth-order valence-corrected chi connectivity index (χ4v) is 3.85. The average Bonchev–Trinajstić information content (AvgIpc) is 3.18. The molecule has 0 fully saturated rings. The van der Waals surface area contributed by atoms with Gasteiger partial charge in [0.25, 0.3) is 5.56 Å². The highest BCUT2D eigenvalue weighted by molar-refractivity contribution is 6.30. The maximum Gasteiger partial charge on any atom is 0.405 e. The molecule has 0 unspecified atom stereocenters. The van der Waals surface area contributed by atoms with E-state index in [0.717, 1.165) is 5.52 Å². The van der Waals surface area contributed by atoms with Crippen LogP contribution in [0.2, 0.25) is 5.02 Å². The summed E-state index contributed by atoms with van der Waals surface area (Å²) in [5.41, 5.74) is 2.68. The van der Waals surface area contributed by atoms with E-state index in [9.17, 15) is 18.0 Å². The van der Waals surface area contributed by atoms with Crippen molar-refractivity contribution in [3.63, 3.8) is 0 Å². The molecule has 0 aliphatic carbocycles. The first-order valence-electron chi connectivity index (χ1n) is 10.1. The molecule has 172 valence electrons. The molecule has 3 aromatic heterocycles. The minimum atomic E-state index is -4.40. The van der Waals surface area contributed by atoms with Crippen LogP contribution in [-0.4, -0.2) is 37.3 Å². The van der Waals surface area contributed by atoms with Crippen molar-refractivity contribution in [3.05, 3.63) is 76.2 Å². The van der Waals surface area contributed by atoms with E-state index in [2.05, 4.69) is 20.6 Å². The van der Waals surface area contributed by atoms with Gasteiger partial charge in [-0.15, -0.1) is 5.10 Å². The van der Waals surface area contributed by atoms with Crippen molar-refractivity contribution >= 4 is 39.4 Å². The summed E-state index contributed by atoms with van der Waals surface area (Å²) in [6.45, 7) is -1.24. The van der Waals surface area contributed by atoms with E-state index in [-0.39, 0.29) is 22.5 Å². The number of halogens is 4. The Kier molecular flexibility index (Phi) is 5.24. The normalized spacial score (nSPS) is 11.9. The van der Waals surface area contributed by atoms with Crippen LogP contribution in [0.5, 0.6) is 0 Å². The molecule has 0 atom stereocenters. The third kappa shape index (κ3) is 4.08. The number of fused-ring (bicyclic) bond motifs is 2. The van der Waals surface area contributed by atoms with Crippen LogP contribution in [-0.2, 0) is 7.05 Å². The van der Waals surface area contributed by atoms with Gasteiger partial charge in [0.1, 0.15) is 17.9 Å². The van der Waals surface area contributed by atoms with Gasteiger partial charge in [-0.25, -0.2) is 9.67 Å². The van der Waals surface area contributed by atoms with Crippen LogP contribution in [0.25, 0.3) is 38.8 Å². The summed E-state index contributed by atoms with van der Waals surface area (Å²) in [7, 11) is 1.75. The molecule has 0 radical (unpaired) electrons. The van der Waals surface area contributed by atoms with E-state index in [1.165, 1.54) is 10.6 Å². The zero-order valence-corrected chi connectivity index (χ0v) is 18.4. The average molecular weight is 485 g/mol. The number of hydrogen-bond donors (Lipinski definition) is 1. The highest BCUT2D eigenvalue weighted by atomic mass is 35.5. The number of aromatic nitrogens is 5. The van der Waals surface area contributed by atoms with Gasteiger partial charge in [0.15, 0.2) is 0 Å². The first kappa shape index (κ1) is 21.9. The van der Waals surface area contributed by atoms with Gasteiger partial charge in [-0.05, 0) is 48.0 Å². The molecular formula is C23H16ClF3N6O. The van der Waals surface area contributed by atoms with Gasteiger partial charge in [0.2, 0.25) is 0 Å². The lowest BCUT2D eigenvalue weighted by Gasteiger charge is -2.14. The number of rotatable bonds is 4. The van der Waals surface area contributed by atoms with Gasteiger partial charge in [0.05, 0.1) is 22.3 Å².